The Balaban J connectivity index is 2.58. The lowest BCUT2D eigenvalue weighted by molar-refractivity contribution is -0.104. The third-order valence-electron chi connectivity index (χ3n) is 1.48. The standard InChI is InChI=1S/C10H9FO/c11-10-6-4-9(5-7-10)3-1-2-8-12/h1-2,4-8H,3H2. The summed E-state index contributed by atoms with van der Waals surface area (Å²) in [6, 6.07) is 6.21. The van der Waals surface area contributed by atoms with Crippen molar-refractivity contribution in [2.75, 3.05) is 0 Å². The van der Waals surface area contributed by atoms with Gasteiger partial charge in [-0.3, -0.25) is 4.79 Å². The van der Waals surface area contributed by atoms with Crippen LogP contribution in [-0.4, -0.2) is 6.29 Å². The largest absolute Gasteiger partial charge is 0.299 e. The number of hydrogen-bond donors (Lipinski definition) is 0. The number of carbonyl (C=O) groups is 1. The van der Waals surface area contributed by atoms with E-state index < -0.39 is 0 Å². The third kappa shape index (κ3) is 2.66. The van der Waals surface area contributed by atoms with Gasteiger partial charge < -0.3 is 0 Å². The lowest BCUT2D eigenvalue weighted by atomic mass is 10.1. The van der Waals surface area contributed by atoms with Gasteiger partial charge in [-0.05, 0) is 30.2 Å². The summed E-state index contributed by atoms with van der Waals surface area (Å²) in [6.45, 7) is 0. The fraction of sp³-hybridized carbons (Fsp3) is 0.100. The van der Waals surface area contributed by atoms with Crippen LogP contribution in [0.4, 0.5) is 4.39 Å². The molecule has 1 aromatic carbocycles. The second kappa shape index (κ2) is 4.44. The number of rotatable bonds is 3. The maximum atomic E-state index is 12.4. The molecule has 62 valence electrons. The third-order valence-corrected chi connectivity index (χ3v) is 1.48. The van der Waals surface area contributed by atoms with Gasteiger partial charge in [0.15, 0.2) is 0 Å². The molecular formula is C10H9FO. The first-order valence-electron chi connectivity index (χ1n) is 3.67. The van der Waals surface area contributed by atoms with Gasteiger partial charge in [0.1, 0.15) is 12.1 Å². The normalized spacial score (nSPS) is 10.4. The first-order chi connectivity index (χ1) is 5.83. The quantitative estimate of drug-likeness (QED) is 0.494. The van der Waals surface area contributed by atoms with Gasteiger partial charge in [-0.15, -0.1) is 0 Å². The molecule has 0 spiro atoms. The summed E-state index contributed by atoms with van der Waals surface area (Å²) in [5, 5.41) is 0. The summed E-state index contributed by atoms with van der Waals surface area (Å²) in [6.07, 6.45) is 4.56. The Hall–Kier alpha value is -1.44. The van der Waals surface area contributed by atoms with Crippen LogP contribution >= 0.6 is 0 Å². The van der Waals surface area contributed by atoms with Gasteiger partial charge >= 0.3 is 0 Å². The minimum absolute atomic E-state index is 0.238. The lowest BCUT2D eigenvalue weighted by Crippen LogP contribution is -1.81. The van der Waals surface area contributed by atoms with Crippen molar-refractivity contribution >= 4 is 6.29 Å². The first-order valence-corrected chi connectivity index (χ1v) is 3.67. The molecule has 0 radical (unpaired) electrons. The Bertz CT molecular complexity index is 274. The van der Waals surface area contributed by atoms with Gasteiger partial charge in [-0.1, -0.05) is 18.2 Å². The van der Waals surface area contributed by atoms with Crippen molar-refractivity contribution in [2.24, 2.45) is 0 Å². The Kier molecular flexibility index (Phi) is 3.20. The van der Waals surface area contributed by atoms with Crippen LogP contribution in [0.3, 0.4) is 0 Å². The number of benzene rings is 1. The molecule has 0 aliphatic heterocycles. The van der Waals surface area contributed by atoms with E-state index in [2.05, 4.69) is 0 Å². The van der Waals surface area contributed by atoms with Crippen LogP contribution in [0.25, 0.3) is 0 Å². The number of carbonyl (C=O) groups excluding carboxylic acids is 1. The predicted molar refractivity (Wildman–Crippen MR) is 45.3 cm³/mol. The highest BCUT2D eigenvalue weighted by atomic mass is 19.1. The molecule has 1 aromatic rings. The van der Waals surface area contributed by atoms with Crippen molar-refractivity contribution in [2.45, 2.75) is 6.42 Å². The average molecular weight is 164 g/mol. The molecule has 0 aromatic heterocycles. The van der Waals surface area contributed by atoms with Crippen LogP contribution in [0.15, 0.2) is 36.4 Å². The van der Waals surface area contributed by atoms with Crippen LogP contribution in [0.1, 0.15) is 5.56 Å². The van der Waals surface area contributed by atoms with Gasteiger partial charge in [-0.25, -0.2) is 4.39 Å². The molecule has 0 amide bonds. The summed E-state index contributed by atoms with van der Waals surface area (Å²) < 4.78 is 12.4. The van der Waals surface area contributed by atoms with E-state index in [1.165, 1.54) is 18.2 Å². The molecule has 1 nitrogen and oxygen atoms in total. The van der Waals surface area contributed by atoms with Crippen molar-refractivity contribution < 1.29 is 9.18 Å². The summed E-state index contributed by atoms with van der Waals surface area (Å²) in [5.41, 5.74) is 0.995. The van der Waals surface area contributed by atoms with Gasteiger partial charge in [-0.2, -0.15) is 0 Å². The maximum absolute atomic E-state index is 12.4. The van der Waals surface area contributed by atoms with Crippen molar-refractivity contribution in [1.29, 1.82) is 0 Å². The topological polar surface area (TPSA) is 17.1 Å². The number of aldehydes is 1. The Labute approximate surface area is 70.5 Å². The first kappa shape index (κ1) is 8.65. The molecule has 0 heterocycles. The Morgan fingerprint density at radius 2 is 1.92 bits per heavy atom. The summed E-state index contributed by atoms with van der Waals surface area (Å²) in [7, 11) is 0. The molecule has 0 unspecified atom stereocenters. The molecule has 1 rings (SSSR count). The zero-order chi connectivity index (χ0) is 8.81. The molecule has 12 heavy (non-hydrogen) atoms. The predicted octanol–water partition coefficient (Wildman–Crippen LogP) is 2.12. The van der Waals surface area contributed by atoms with Crippen LogP contribution in [-0.2, 0) is 11.2 Å². The highest BCUT2D eigenvalue weighted by Gasteiger charge is 1.89. The summed E-state index contributed by atoms with van der Waals surface area (Å²) in [4.78, 5) is 9.90. The monoisotopic (exact) mass is 164 g/mol. The highest BCUT2D eigenvalue weighted by Crippen LogP contribution is 2.03. The molecular weight excluding hydrogens is 155 g/mol. The number of allylic oxidation sites excluding steroid dienone is 2. The van der Waals surface area contributed by atoms with Gasteiger partial charge in [0.2, 0.25) is 0 Å². The van der Waals surface area contributed by atoms with E-state index in [4.69, 9.17) is 0 Å². The molecule has 0 saturated carbocycles. The van der Waals surface area contributed by atoms with E-state index in [1.807, 2.05) is 0 Å². The molecule has 0 bridgehead atoms. The smallest absolute Gasteiger partial charge is 0.142 e. The molecule has 2 heteroatoms. The SMILES string of the molecule is O=CC=CCc1ccc(F)cc1. The molecule has 0 aliphatic rings. The molecule has 0 saturated heterocycles. The second-order valence-electron chi connectivity index (χ2n) is 2.39. The zero-order valence-electron chi connectivity index (χ0n) is 6.53. The van der Waals surface area contributed by atoms with E-state index in [0.29, 0.717) is 6.42 Å². The molecule has 0 aliphatic carbocycles. The summed E-state index contributed by atoms with van der Waals surface area (Å²) in [5.74, 6) is -0.238. The fourth-order valence-corrected chi connectivity index (χ4v) is 0.880. The van der Waals surface area contributed by atoms with E-state index in [9.17, 15) is 9.18 Å². The minimum Gasteiger partial charge on any atom is -0.299 e. The van der Waals surface area contributed by atoms with E-state index in [1.54, 1.807) is 18.2 Å². The molecule has 0 fully saturated rings. The van der Waals surface area contributed by atoms with E-state index >= 15 is 0 Å². The Morgan fingerprint density at radius 3 is 2.50 bits per heavy atom. The average Bonchev–Trinajstić information content (AvgIpc) is 2.09. The van der Waals surface area contributed by atoms with Crippen molar-refractivity contribution in [3.8, 4) is 0 Å². The fourth-order valence-electron chi connectivity index (χ4n) is 0.880. The van der Waals surface area contributed by atoms with Crippen LogP contribution in [0, 0.1) is 5.82 Å². The number of halogens is 1. The maximum Gasteiger partial charge on any atom is 0.142 e. The van der Waals surface area contributed by atoms with Gasteiger partial charge in [0.05, 0.1) is 0 Å². The van der Waals surface area contributed by atoms with E-state index in [-0.39, 0.29) is 5.82 Å². The lowest BCUT2D eigenvalue weighted by Gasteiger charge is -1.93. The Morgan fingerprint density at radius 1 is 1.25 bits per heavy atom. The van der Waals surface area contributed by atoms with Crippen LogP contribution in [0.5, 0.6) is 0 Å². The van der Waals surface area contributed by atoms with Crippen LogP contribution < -0.4 is 0 Å². The zero-order valence-corrected chi connectivity index (χ0v) is 6.53. The van der Waals surface area contributed by atoms with E-state index in [0.717, 1.165) is 11.8 Å². The highest BCUT2D eigenvalue weighted by molar-refractivity contribution is 5.64. The van der Waals surface area contributed by atoms with Crippen LogP contribution in [0.2, 0.25) is 0 Å². The van der Waals surface area contributed by atoms with Gasteiger partial charge in [0.25, 0.3) is 0 Å². The second-order valence-corrected chi connectivity index (χ2v) is 2.39. The van der Waals surface area contributed by atoms with Crippen molar-refractivity contribution in [3.63, 3.8) is 0 Å². The number of hydrogen-bond acceptors (Lipinski definition) is 1. The molecule has 0 N–H and O–H groups in total. The minimum atomic E-state index is -0.238. The summed E-state index contributed by atoms with van der Waals surface area (Å²) >= 11 is 0. The van der Waals surface area contributed by atoms with Crippen molar-refractivity contribution in [3.05, 3.63) is 47.8 Å². The molecule has 0 atom stereocenters. The van der Waals surface area contributed by atoms with Gasteiger partial charge in [0, 0.05) is 0 Å². The van der Waals surface area contributed by atoms with Crippen molar-refractivity contribution in [1.82, 2.24) is 0 Å².